The van der Waals surface area contributed by atoms with Gasteiger partial charge in [-0.1, -0.05) is 25.5 Å². The van der Waals surface area contributed by atoms with E-state index in [0.29, 0.717) is 30.0 Å². The van der Waals surface area contributed by atoms with E-state index in [2.05, 4.69) is 13.8 Å². The molecule has 0 radical (unpaired) electrons. The summed E-state index contributed by atoms with van der Waals surface area (Å²) < 4.78 is 0. The van der Waals surface area contributed by atoms with E-state index in [4.69, 9.17) is 0 Å². The Morgan fingerprint density at radius 1 is 1.20 bits per heavy atom. The lowest BCUT2D eigenvalue weighted by atomic mass is 9.42. The molecule has 0 aliphatic heterocycles. The van der Waals surface area contributed by atoms with Crippen LogP contribution in [0.1, 0.15) is 71.6 Å². The third-order valence-corrected chi connectivity index (χ3v) is 8.75. The zero-order valence-electron chi connectivity index (χ0n) is 15.8. The minimum absolute atomic E-state index is 0.0311. The van der Waals surface area contributed by atoms with E-state index in [1.807, 2.05) is 6.08 Å². The highest BCUT2D eigenvalue weighted by molar-refractivity contribution is 5.84. The molecule has 4 saturated carbocycles. The first-order valence-corrected chi connectivity index (χ1v) is 10.4. The third kappa shape index (κ3) is 2.56. The number of allylic oxidation sites excluding steroid dienone is 1. The van der Waals surface area contributed by atoms with Crippen molar-refractivity contribution >= 4 is 5.78 Å². The van der Waals surface area contributed by atoms with Crippen LogP contribution >= 0.6 is 0 Å². The Morgan fingerprint density at radius 2 is 2.00 bits per heavy atom. The molecule has 0 aromatic heterocycles. The van der Waals surface area contributed by atoms with Crippen molar-refractivity contribution in [3.63, 3.8) is 0 Å². The Bertz CT molecular complexity index is 582. The van der Waals surface area contributed by atoms with Gasteiger partial charge in [-0.25, -0.2) is 0 Å². The van der Waals surface area contributed by atoms with Crippen molar-refractivity contribution in [3.8, 4) is 0 Å². The first-order valence-electron chi connectivity index (χ1n) is 10.4. The number of aliphatic hydroxyl groups excluding tert-OH is 2. The van der Waals surface area contributed by atoms with Crippen LogP contribution in [0.3, 0.4) is 0 Å². The van der Waals surface area contributed by atoms with Gasteiger partial charge in [0, 0.05) is 12.3 Å². The molecule has 0 bridgehead atoms. The lowest BCUT2D eigenvalue weighted by molar-refractivity contribution is -0.161. The van der Waals surface area contributed by atoms with E-state index in [-0.39, 0.29) is 29.5 Å². The van der Waals surface area contributed by atoms with E-state index in [1.165, 1.54) is 24.8 Å². The standard InChI is InChI=1S/C22H34O3/c1-21-10-8-16(24)12-15(21)6-7-17-18-5-3-4-14(9-11-23)22(18,2)13-19(25)20(17)21/h9,15-18,20,23-24H,3-8,10-13H2,1-2H3/b14-9-. The van der Waals surface area contributed by atoms with Crippen LogP contribution in [0.25, 0.3) is 0 Å². The number of Topliss-reactive ketones (excluding diaryl/α,β-unsaturated/α-hetero) is 1. The zero-order valence-corrected chi connectivity index (χ0v) is 15.8. The van der Waals surface area contributed by atoms with Crippen molar-refractivity contribution in [3.05, 3.63) is 11.6 Å². The molecule has 25 heavy (non-hydrogen) atoms. The van der Waals surface area contributed by atoms with Crippen LogP contribution in [0.5, 0.6) is 0 Å². The summed E-state index contributed by atoms with van der Waals surface area (Å²) in [4.78, 5) is 13.4. The van der Waals surface area contributed by atoms with Crippen LogP contribution in [0.2, 0.25) is 0 Å². The maximum Gasteiger partial charge on any atom is 0.137 e. The summed E-state index contributed by atoms with van der Waals surface area (Å²) in [6, 6.07) is 0. The lowest BCUT2D eigenvalue weighted by Crippen LogP contribution is -2.58. The van der Waals surface area contributed by atoms with Gasteiger partial charge < -0.3 is 10.2 Å². The first-order chi connectivity index (χ1) is 11.9. The molecule has 0 heterocycles. The summed E-state index contributed by atoms with van der Waals surface area (Å²) in [5.74, 6) is 2.28. The van der Waals surface area contributed by atoms with Gasteiger partial charge >= 0.3 is 0 Å². The highest BCUT2D eigenvalue weighted by atomic mass is 16.3. The molecule has 0 spiro atoms. The lowest BCUT2D eigenvalue weighted by Gasteiger charge is -2.61. The van der Waals surface area contributed by atoms with Crippen LogP contribution < -0.4 is 0 Å². The fourth-order valence-corrected chi connectivity index (χ4v) is 7.55. The molecular weight excluding hydrogens is 312 g/mol. The molecule has 7 atom stereocenters. The summed E-state index contributed by atoms with van der Waals surface area (Å²) in [6.45, 7) is 4.75. The Labute approximate surface area is 151 Å². The average molecular weight is 347 g/mol. The topological polar surface area (TPSA) is 57.5 Å². The van der Waals surface area contributed by atoms with Gasteiger partial charge in [-0.05, 0) is 80.0 Å². The van der Waals surface area contributed by atoms with Gasteiger partial charge in [0.25, 0.3) is 0 Å². The van der Waals surface area contributed by atoms with Crippen molar-refractivity contribution in [2.75, 3.05) is 6.61 Å². The van der Waals surface area contributed by atoms with Gasteiger partial charge in [-0.15, -0.1) is 0 Å². The zero-order chi connectivity index (χ0) is 17.8. The number of carbonyl (C=O) groups excluding carboxylic acids is 1. The molecule has 4 fully saturated rings. The van der Waals surface area contributed by atoms with Crippen molar-refractivity contribution in [1.29, 1.82) is 0 Å². The second kappa shape index (κ2) is 6.20. The van der Waals surface area contributed by atoms with Gasteiger partial charge in [0.05, 0.1) is 12.7 Å². The van der Waals surface area contributed by atoms with E-state index >= 15 is 0 Å². The van der Waals surface area contributed by atoms with Gasteiger partial charge in [-0.3, -0.25) is 4.79 Å². The van der Waals surface area contributed by atoms with E-state index in [9.17, 15) is 15.0 Å². The fourth-order valence-electron chi connectivity index (χ4n) is 7.55. The van der Waals surface area contributed by atoms with Crippen LogP contribution in [-0.2, 0) is 4.79 Å². The monoisotopic (exact) mass is 346 g/mol. The predicted molar refractivity (Wildman–Crippen MR) is 97.9 cm³/mol. The third-order valence-electron chi connectivity index (χ3n) is 8.75. The molecule has 0 aromatic rings. The summed E-state index contributed by atoms with van der Waals surface area (Å²) in [7, 11) is 0. The van der Waals surface area contributed by atoms with E-state index in [1.54, 1.807) is 0 Å². The van der Waals surface area contributed by atoms with Crippen LogP contribution in [0, 0.1) is 34.5 Å². The molecule has 140 valence electrons. The first kappa shape index (κ1) is 17.7. The molecule has 0 aromatic carbocycles. The van der Waals surface area contributed by atoms with Gasteiger partial charge in [0.2, 0.25) is 0 Å². The summed E-state index contributed by atoms with van der Waals surface area (Å²) in [5, 5.41) is 19.6. The number of fused-ring (bicyclic) bond motifs is 5. The molecule has 7 unspecified atom stereocenters. The second-order valence-corrected chi connectivity index (χ2v) is 9.82. The van der Waals surface area contributed by atoms with Crippen molar-refractivity contribution in [2.24, 2.45) is 34.5 Å². The molecule has 2 N–H and O–H groups in total. The van der Waals surface area contributed by atoms with Gasteiger partial charge in [-0.2, -0.15) is 0 Å². The number of ketones is 1. The SMILES string of the molecule is CC12CC(=O)C3C(CCC4CC(O)CCC43C)C1CCC/C2=C/CO. The van der Waals surface area contributed by atoms with Crippen molar-refractivity contribution in [2.45, 2.75) is 77.7 Å². The molecule has 0 amide bonds. The Balaban J connectivity index is 1.69. The predicted octanol–water partition coefficient (Wildman–Crippen LogP) is 3.88. The van der Waals surface area contributed by atoms with Crippen LogP contribution in [-0.4, -0.2) is 28.7 Å². The highest BCUT2D eigenvalue weighted by Gasteiger charge is 2.61. The minimum atomic E-state index is -0.160. The van der Waals surface area contributed by atoms with Crippen molar-refractivity contribution in [1.82, 2.24) is 0 Å². The number of hydrogen-bond donors (Lipinski definition) is 2. The molecule has 3 nitrogen and oxygen atoms in total. The van der Waals surface area contributed by atoms with E-state index in [0.717, 1.165) is 32.1 Å². The van der Waals surface area contributed by atoms with Crippen LogP contribution in [0.4, 0.5) is 0 Å². The van der Waals surface area contributed by atoms with Crippen LogP contribution in [0.15, 0.2) is 11.6 Å². The Kier molecular flexibility index (Phi) is 4.39. The van der Waals surface area contributed by atoms with Gasteiger partial charge in [0.1, 0.15) is 5.78 Å². The smallest absolute Gasteiger partial charge is 0.137 e. The second-order valence-electron chi connectivity index (χ2n) is 9.82. The van der Waals surface area contributed by atoms with E-state index < -0.39 is 0 Å². The summed E-state index contributed by atoms with van der Waals surface area (Å²) >= 11 is 0. The number of rotatable bonds is 1. The normalized spacial score (nSPS) is 51.6. The molecule has 0 saturated heterocycles. The maximum atomic E-state index is 13.4. The Hall–Kier alpha value is -0.670. The quantitative estimate of drug-likeness (QED) is 0.709. The average Bonchev–Trinajstić information content (AvgIpc) is 2.56. The molecule has 4 aliphatic carbocycles. The molecular formula is C22H34O3. The fraction of sp³-hybridized carbons (Fsp3) is 0.864. The number of hydrogen-bond acceptors (Lipinski definition) is 3. The summed E-state index contributed by atoms with van der Waals surface area (Å²) in [6.07, 6.45) is 11.1. The number of carbonyl (C=O) groups is 1. The largest absolute Gasteiger partial charge is 0.393 e. The van der Waals surface area contributed by atoms with Crippen molar-refractivity contribution < 1.29 is 15.0 Å². The Morgan fingerprint density at radius 3 is 2.76 bits per heavy atom. The highest BCUT2D eigenvalue weighted by Crippen LogP contribution is 2.65. The maximum absolute atomic E-state index is 13.4. The number of aliphatic hydroxyl groups is 2. The van der Waals surface area contributed by atoms with Gasteiger partial charge in [0.15, 0.2) is 0 Å². The minimum Gasteiger partial charge on any atom is -0.393 e. The molecule has 3 heteroatoms. The molecule has 4 rings (SSSR count). The molecule has 4 aliphatic rings. The summed E-state index contributed by atoms with van der Waals surface area (Å²) in [5.41, 5.74) is 1.40.